The van der Waals surface area contributed by atoms with Crippen molar-refractivity contribution >= 4 is 17.9 Å². The van der Waals surface area contributed by atoms with E-state index in [1.807, 2.05) is 24.5 Å². The summed E-state index contributed by atoms with van der Waals surface area (Å²) in [5, 5.41) is 59.1. The highest BCUT2D eigenvalue weighted by molar-refractivity contribution is 5.87. The van der Waals surface area contributed by atoms with Crippen molar-refractivity contribution in [3.8, 4) is 0 Å². The number of aliphatic hydroxyl groups is 5. The first kappa shape index (κ1) is 148. The maximum atomic E-state index is 10.7. The van der Waals surface area contributed by atoms with Gasteiger partial charge in [0.15, 0.2) is 0 Å². The molecule has 2 aromatic rings. The molecule has 0 atom stereocenters. The SMILES string of the molecule is CC(C)(C)C1CCN(CCOCCO)CC1.CC(C)(C)CCCC(=O)O.CC(C)(C)CCOCCO.CC(C)(C)CCOCCO.CC(C)(C)CCOCCO.CC(C)(C)CCOCCOCCO.CC(C)(C)Cc1ccc(C(=O)O)cc1.CC(C)(C)Cc1ccncc1.CN(C)CCCC(C)(C)C.CN1CCC(C(C)(C)C)CC1.COC(=O)CCCC(C)(C)C.COCCOCCC(C)(C)C. The smallest absolute Gasteiger partial charge is 0.335 e. The van der Waals surface area contributed by atoms with Crippen LogP contribution in [0.1, 0.15) is 380 Å². The highest BCUT2D eigenvalue weighted by Gasteiger charge is 2.30. The highest BCUT2D eigenvalue weighted by Crippen LogP contribution is 2.36. The Labute approximate surface area is 846 Å². The van der Waals surface area contributed by atoms with E-state index in [0.29, 0.717) is 132 Å². The van der Waals surface area contributed by atoms with E-state index in [1.54, 1.807) is 19.2 Å². The monoisotopic (exact) mass is 1960 g/mol. The van der Waals surface area contributed by atoms with Gasteiger partial charge in [-0.1, -0.05) is 261 Å². The van der Waals surface area contributed by atoms with Gasteiger partial charge in [0.2, 0.25) is 0 Å². The van der Waals surface area contributed by atoms with E-state index in [1.165, 1.54) is 89.5 Å². The van der Waals surface area contributed by atoms with E-state index in [2.05, 4.69) is 307 Å². The quantitative estimate of drug-likeness (QED) is 0.0240. The molecule has 0 unspecified atom stereocenters. The third kappa shape index (κ3) is 136. The van der Waals surface area contributed by atoms with Crippen molar-refractivity contribution in [3.05, 3.63) is 65.5 Å². The summed E-state index contributed by atoms with van der Waals surface area (Å²) in [5.74, 6) is 0.145. The molecule has 2 aliphatic heterocycles. The minimum absolute atomic E-state index is 0.0853. The Balaban J connectivity index is -0.000000222. The summed E-state index contributed by atoms with van der Waals surface area (Å²) >= 11 is 0. The Morgan fingerprint density at radius 1 is 0.350 bits per heavy atom. The number of aromatic carboxylic acids is 1. The number of methoxy groups -OCH3 is 2. The van der Waals surface area contributed by atoms with E-state index in [-0.39, 0.29) is 49.8 Å². The third-order valence-corrected chi connectivity index (χ3v) is 21.1. The first-order chi connectivity index (χ1) is 62.6. The van der Waals surface area contributed by atoms with Gasteiger partial charge in [-0.25, -0.2) is 4.79 Å². The van der Waals surface area contributed by atoms with Crippen molar-refractivity contribution in [2.45, 2.75) is 371 Å². The fraction of sp³-hybridized carbons (Fsp3) is 0.877. The van der Waals surface area contributed by atoms with Gasteiger partial charge in [-0.2, -0.15) is 0 Å². The van der Waals surface area contributed by atoms with Gasteiger partial charge >= 0.3 is 17.9 Å². The minimum Gasteiger partial charge on any atom is -0.481 e. The number of carbonyl (C=O) groups excluding carboxylic acids is 1. The molecule has 2 saturated heterocycles. The van der Waals surface area contributed by atoms with Crippen molar-refractivity contribution in [2.24, 2.45) is 76.8 Å². The van der Waals surface area contributed by atoms with E-state index in [0.717, 1.165) is 129 Å². The number of carboxylic acid groups (broad SMARTS) is 2. The predicted molar refractivity (Wildman–Crippen MR) is 579 cm³/mol. The van der Waals surface area contributed by atoms with Gasteiger partial charge in [0.25, 0.3) is 0 Å². The molecule has 0 aliphatic carbocycles. The number of hydrogen-bond acceptors (Lipinski definition) is 21. The molecule has 0 spiro atoms. The number of carbonyl (C=O) groups is 3. The van der Waals surface area contributed by atoms with Crippen molar-refractivity contribution in [1.82, 2.24) is 19.7 Å². The van der Waals surface area contributed by atoms with Crippen LogP contribution in [-0.4, -0.2) is 280 Å². The molecule has 4 rings (SSSR count). The lowest BCUT2D eigenvalue weighted by Crippen LogP contribution is -2.39. The van der Waals surface area contributed by atoms with Crippen LogP contribution in [0.4, 0.5) is 0 Å². The van der Waals surface area contributed by atoms with Gasteiger partial charge in [-0.3, -0.25) is 14.6 Å². The van der Waals surface area contributed by atoms with Crippen LogP contribution in [0.3, 0.4) is 0 Å². The van der Waals surface area contributed by atoms with Gasteiger partial charge in [0, 0.05) is 71.9 Å². The molecule has 1 aromatic heterocycles. The molecule has 0 saturated carbocycles. The number of nitrogens with zero attached hydrogens (tertiary/aromatic N) is 4. The summed E-state index contributed by atoms with van der Waals surface area (Å²) in [4.78, 5) is 42.5. The Kier molecular flexibility index (Phi) is 91.4. The lowest BCUT2D eigenvalue weighted by atomic mass is 9.75. The summed E-state index contributed by atoms with van der Waals surface area (Å²) in [7, 11) is 9.59. The topological polar surface area (TPSA) is 298 Å². The second-order valence-corrected chi connectivity index (χ2v) is 51.0. The lowest BCUT2D eigenvalue weighted by molar-refractivity contribution is -0.141. The average Bonchev–Trinajstić information content (AvgIpc) is 0.868. The van der Waals surface area contributed by atoms with Crippen LogP contribution in [-0.2, 0) is 65.1 Å². The number of ether oxygens (including phenoxy) is 9. The van der Waals surface area contributed by atoms with Crippen LogP contribution >= 0.6 is 0 Å². The van der Waals surface area contributed by atoms with Crippen LogP contribution in [0.15, 0.2) is 48.8 Å². The Hall–Kier alpha value is -3.86. The van der Waals surface area contributed by atoms with E-state index < -0.39 is 11.9 Å². The van der Waals surface area contributed by atoms with E-state index in [9.17, 15) is 14.4 Å². The number of esters is 1. The number of likely N-dealkylation sites (tertiary alicyclic amines) is 2. The molecule has 1 aromatic carbocycles. The fourth-order valence-corrected chi connectivity index (χ4v) is 12.3. The molecule has 23 nitrogen and oxygen atoms in total. The first-order valence-corrected chi connectivity index (χ1v) is 51.7. The molecule has 2 fully saturated rings. The number of aliphatic carboxylic acids is 1. The van der Waals surface area contributed by atoms with Gasteiger partial charge in [0.05, 0.1) is 112 Å². The number of carboxylic acids is 2. The fourth-order valence-electron chi connectivity index (χ4n) is 12.3. The van der Waals surface area contributed by atoms with Crippen LogP contribution in [0, 0.1) is 76.8 Å². The number of pyridine rings is 1. The molecule has 23 heteroatoms. The molecule has 0 amide bonds. The van der Waals surface area contributed by atoms with E-state index in [4.69, 9.17) is 73.6 Å². The van der Waals surface area contributed by atoms with E-state index >= 15 is 0 Å². The molecule has 3 heterocycles. The first-order valence-electron chi connectivity index (χ1n) is 51.7. The molecule has 820 valence electrons. The summed E-state index contributed by atoms with van der Waals surface area (Å²) in [6.45, 7) is 97.3. The lowest BCUT2D eigenvalue weighted by Gasteiger charge is -2.38. The number of rotatable bonds is 41. The number of piperidine rings is 2. The highest BCUT2D eigenvalue weighted by atomic mass is 16.5. The second kappa shape index (κ2) is 84.3. The molecule has 2 aliphatic rings. The molecule has 0 bridgehead atoms. The summed E-state index contributed by atoms with van der Waals surface area (Å²) in [6.07, 6.45) is 23.8. The number of aliphatic hydroxyl groups excluding tert-OH is 5. The maximum absolute atomic E-state index is 10.7. The molecule has 0 radical (unpaired) electrons. The molecular weight excluding hydrogens is 1730 g/mol. The molecular formula is C114H230N4O19. The van der Waals surface area contributed by atoms with Gasteiger partial charge in [-0.05, 0) is 275 Å². The van der Waals surface area contributed by atoms with Crippen molar-refractivity contribution in [2.75, 3.05) is 207 Å². The summed E-state index contributed by atoms with van der Waals surface area (Å²) < 4.78 is 45.7. The van der Waals surface area contributed by atoms with Crippen molar-refractivity contribution in [3.63, 3.8) is 0 Å². The van der Waals surface area contributed by atoms with Crippen LogP contribution in [0.2, 0.25) is 0 Å². The third-order valence-electron chi connectivity index (χ3n) is 21.1. The average molecular weight is 1960 g/mol. The molecule has 7 N–H and O–H groups in total. The normalized spacial score (nSPS) is 13.8. The number of aromatic nitrogens is 1. The van der Waals surface area contributed by atoms with Crippen LogP contribution < -0.4 is 0 Å². The van der Waals surface area contributed by atoms with Gasteiger partial charge in [0.1, 0.15) is 0 Å². The zero-order valence-corrected chi connectivity index (χ0v) is 97.4. The second-order valence-electron chi connectivity index (χ2n) is 51.0. The number of hydrogen-bond donors (Lipinski definition) is 7. The zero-order valence-electron chi connectivity index (χ0n) is 97.4. The standard InChI is InChI=1S/C13H27NO2.C12H16O2.C10H21N.C10H15N.C10H22O3.C9H21N.C9H20O2.C9H18O2.3C8H18O2.C8H16O2/c1-13(2,3)12-4-6-14(7-5-12)8-10-16-11-9-15;1-12(2,3)8-9-4-6-10(7-5-9)11(13)14;1-10(2,3)9-5-7-11(4)8-6-9;1-10(2,3)8-9-4-6-11-7-5-9;1-10(2,3)4-6-12-8-9-13-7-5-11;1-9(2,3)7-6-8-10(4)5;1-9(2,3)5-6-11-8-7-10-4;1-9(2,3)7-5-6-8(10)11-4;3*1-8(2,3)4-6-10-7-5-9;1-8(2,3)6-4-5-7(9)10/h12,15H,4-11H2,1-3H3;4-7H,8H2,1-3H3,(H,13,14);9H,5-8H2,1-4H3;4-7H,8H2,1-3H3;11H,4-9H2,1-3H3;6-8H2,1-5H3;5-8H2,1-4H3;5-7H2,1-4H3;3*9H,4-7H2,1-3H3;4-6H2,1-3H3,(H,9,10). The van der Waals surface area contributed by atoms with Gasteiger partial charge in [-0.15, -0.1) is 0 Å². The van der Waals surface area contributed by atoms with Crippen molar-refractivity contribution < 1.29 is 92.8 Å². The maximum Gasteiger partial charge on any atom is 0.335 e. The molecule has 137 heavy (non-hydrogen) atoms. The Bertz CT molecular complexity index is 2890. The summed E-state index contributed by atoms with van der Waals surface area (Å²) in [5.41, 5.74) is 7.36. The number of benzene rings is 1. The Morgan fingerprint density at radius 3 is 0.898 bits per heavy atom. The zero-order chi connectivity index (χ0) is 108. The Morgan fingerprint density at radius 2 is 0.628 bits per heavy atom. The predicted octanol–water partition coefficient (Wildman–Crippen LogP) is 24.6. The van der Waals surface area contributed by atoms with Gasteiger partial charge < -0.3 is 93.1 Å². The summed E-state index contributed by atoms with van der Waals surface area (Å²) in [6, 6.07) is 11.2. The largest absolute Gasteiger partial charge is 0.481 e. The minimum atomic E-state index is -0.868. The van der Waals surface area contributed by atoms with Crippen LogP contribution in [0.25, 0.3) is 0 Å². The van der Waals surface area contributed by atoms with Crippen LogP contribution in [0.5, 0.6) is 0 Å². The van der Waals surface area contributed by atoms with Crippen molar-refractivity contribution in [1.29, 1.82) is 0 Å².